The molecule has 1 aromatic carbocycles. The molecule has 6 heteroatoms. The maximum absolute atomic E-state index is 12.5. The van der Waals surface area contributed by atoms with Crippen molar-refractivity contribution in [3.63, 3.8) is 0 Å². The van der Waals surface area contributed by atoms with Gasteiger partial charge in [-0.1, -0.05) is 24.3 Å². The lowest BCUT2D eigenvalue weighted by Gasteiger charge is -2.18. The fourth-order valence-electron chi connectivity index (χ4n) is 3.10. The quantitative estimate of drug-likeness (QED) is 0.747. The highest BCUT2D eigenvalue weighted by atomic mass is 16.5. The summed E-state index contributed by atoms with van der Waals surface area (Å²) in [5, 5.41) is 3.08. The second kappa shape index (κ2) is 8.09. The minimum absolute atomic E-state index is 0.00618. The molecule has 1 amide bonds. The molecule has 0 aliphatic carbocycles. The third kappa shape index (κ3) is 4.35. The number of amides is 1. The van der Waals surface area contributed by atoms with Crippen molar-refractivity contribution in [2.24, 2.45) is 0 Å². The highest BCUT2D eigenvalue weighted by molar-refractivity contribution is 5.82. The van der Waals surface area contributed by atoms with Crippen molar-refractivity contribution in [1.82, 2.24) is 21.2 Å². The number of hydrazine groups is 1. The smallest absolute Gasteiger partial charge is 0.238 e. The maximum atomic E-state index is 12.5. The van der Waals surface area contributed by atoms with E-state index >= 15 is 0 Å². The molecule has 6 nitrogen and oxygen atoms in total. The topological polar surface area (TPSA) is 75.3 Å². The van der Waals surface area contributed by atoms with Crippen molar-refractivity contribution < 1.29 is 9.53 Å². The van der Waals surface area contributed by atoms with Gasteiger partial charge in [-0.15, -0.1) is 0 Å². The van der Waals surface area contributed by atoms with Gasteiger partial charge in [0.05, 0.1) is 18.8 Å². The summed E-state index contributed by atoms with van der Waals surface area (Å²) in [7, 11) is 1.66. The third-order valence-electron chi connectivity index (χ3n) is 4.37. The summed E-state index contributed by atoms with van der Waals surface area (Å²) in [4.78, 5) is 16.9. The first-order valence-electron chi connectivity index (χ1n) is 8.51. The van der Waals surface area contributed by atoms with Gasteiger partial charge in [0.2, 0.25) is 5.91 Å². The molecule has 3 rings (SSSR count). The number of hydrogen-bond donors (Lipinski definition) is 3. The summed E-state index contributed by atoms with van der Waals surface area (Å²) in [5.74, 6) is 0.841. The molecular weight excluding hydrogens is 316 g/mol. The average molecular weight is 340 g/mol. The van der Waals surface area contributed by atoms with Gasteiger partial charge in [0.15, 0.2) is 0 Å². The number of aromatic nitrogens is 1. The normalized spacial score (nSPS) is 20.9. The first-order valence-corrected chi connectivity index (χ1v) is 8.51. The van der Waals surface area contributed by atoms with Crippen LogP contribution in [0.3, 0.4) is 0 Å². The Balaban J connectivity index is 1.54. The highest BCUT2D eigenvalue weighted by Gasteiger charge is 2.31. The number of carbonyl (C=O) groups is 1. The second-order valence-corrected chi connectivity index (χ2v) is 6.31. The molecule has 3 N–H and O–H groups in total. The van der Waals surface area contributed by atoms with Crippen molar-refractivity contribution in [2.75, 3.05) is 7.11 Å². The van der Waals surface area contributed by atoms with E-state index in [1.54, 1.807) is 13.3 Å². The van der Waals surface area contributed by atoms with E-state index in [1.807, 2.05) is 49.4 Å². The molecule has 3 unspecified atom stereocenters. The van der Waals surface area contributed by atoms with Crippen LogP contribution in [0.2, 0.25) is 0 Å². The van der Waals surface area contributed by atoms with Crippen molar-refractivity contribution >= 4 is 5.91 Å². The Labute approximate surface area is 148 Å². The van der Waals surface area contributed by atoms with Gasteiger partial charge in [0, 0.05) is 12.2 Å². The van der Waals surface area contributed by atoms with Crippen LogP contribution in [0, 0.1) is 0 Å². The lowest BCUT2D eigenvalue weighted by atomic mass is 10.0. The van der Waals surface area contributed by atoms with Gasteiger partial charge >= 0.3 is 0 Å². The summed E-state index contributed by atoms with van der Waals surface area (Å²) in [6, 6.07) is 13.5. The van der Waals surface area contributed by atoms with Gasteiger partial charge < -0.3 is 10.1 Å². The lowest BCUT2D eigenvalue weighted by molar-refractivity contribution is -0.123. The minimum Gasteiger partial charge on any atom is -0.496 e. The van der Waals surface area contributed by atoms with Crippen molar-refractivity contribution in [3.05, 3.63) is 59.9 Å². The molecule has 2 heterocycles. The van der Waals surface area contributed by atoms with Crippen LogP contribution >= 0.6 is 0 Å². The number of nitrogens with one attached hydrogen (secondary N) is 3. The fourth-order valence-corrected chi connectivity index (χ4v) is 3.10. The first kappa shape index (κ1) is 17.4. The van der Waals surface area contributed by atoms with Crippen molar-refractivity contribution in [1.29, 1.82) is 0 Å². The Morgan fingerprint density at radius 2 is 2.08 bits per heavy atom. The van der Waals surface area contributed by atoms with Crippen LogP contribution in [0.15, 0.2) is 48.7 Å². The molecule has 1 aliphatic rings. The molecule has 1 fully saturated rings. The highest BCUT2D eigenvalue weighted by Crippen LogP contribution is 2.21. The van der Waals surface area contributed by atoms with Gasteiger partial charge in [0.1, 0.15) is 11.8 Å². The number of ether oxygens (including phenoxy) is 1. The lowest BCUT2D eigenvalue weighted by Crippen LogP contribution is -2.46. The fraction of sp³-hybridized carbons (Fsp3) is 0.368. The molecule has 25 heavy (non-hydrogen) atoms. The summed E-state index contributed by atoms with van der Waals surface area (Å²) in [6.45, 7) is 2.00. The van der Waals surface area contributed by atoms with E-state index in [4.69, 9.17) is 4.74 Å². The minimum atomic E-state index is -0.271. The molecule has 2 aromatic rings. The molecule has 3 atom stereocenters. The molecule has 1 aliphatic heterocycles. The predicted molar refractivity (Wildman–Crippen MR) is 96.0 cm³/mol. The van der Waals surface area contributed by atoms with Crippen LogP contribution in [-0.4, -0.2) is 30.1 Å². The number of pyridine rings is 1. The van der Waals surface area contributed by atoms with E-state index in [1.165, 1.54) is 0 Å². The maximum Gasteiger partial charge on any atom is 0.238 e. The van der Waals surface area contributed by atoms with Crippen LogP contribution < -0.4 is 20.9 Å². The summed E-state index contributed by atoms with van der Waals surface area (Å²) in [5.41, 5.74) is 8.24. The van der Waals surface area contributed by atoms with Crippen LogP contribution in [0.4, 0.5) is 0 Å². The number of benzene rings is 1. The second-order valence-electron chi connectivity index (χ2n) is 6.31. The Morgan fingerprint density at radius 3 is 2.84 bits per heavy atom. The Bertz CT molecular complexity index is 708. The molecule has 132 valence electrons. The number of methoxy groups -OCH3 is 1. The number of nitrogens with zero attached hydrogens (tertiary/aromatic N) is 1. The molecule has 0 spiro atoms. The standard InChI is InChI=1S/C19H24N4O2/c1-13(11-14-7-3-4-9-18(14)25-2)21-19(24)17-12-16(22-23-17)15-8-5-6-10-20-15/h3-10,13,16-17,22-23H,11-12H2,1-2H3,(H,21,24). The first-order chi connectivity index (χ1) is 12.2. The number of rotatable bonds is 6. The molecule has 0 radical (unpaired) electrons. The number of hydrogen-bond acceptors (Lipinski definition) is 5. The Kier molecular flexibility index (Phi) is 5.63. The zero-order chi connectivity index (χ0) is 17.6. The van der Waals surface area contributed by atoms with Crippen molar-refractivity contribution in [2.45, 2.75) is 37.9 Å². The van der Waals surface area contributed by atoms with Gasteiger partial charge in [0.25, 0.3) is 0 Å². The average Bonchev–Trinajstić information content (AvgIpc) is 3.13. The Hall–Kier alpha value is -2.44. The van der Waals surface area contributed by atoms with E-state index < -0.39 is 0 Å². The van der Waals surface area contributed by atoms with Crippen LogP contribution in [0.25, 0.3) is 0 Å². The monoisotopic (exact) mass is 340 g/mol. The van der Waals surface area contributed by atoms with Crippen LogP contribution in [0.5, 0.6) is 5.75 Å². The zero-order valence-corrected chi connectivity index (χ0v) is 14.5. The third-order valence-corrected chi connectivity index (χ3v) is 4.37. The van der Waals surface area contributed by atoms with Crippen LogP contribution in [0.1, 0.15) is 30.6 Å². The molecule has 1 saturated heterocycles. The van der Waals surface area contributed by atoms with Gasteiger partial charge in [-0.25, -0.2) is 10.9 Å². The summed E-state index contributed by atoms with van der Waals surface area (Å²) >= 11 is 0. The zero-order valence-electron chi connectivity index (χ0n) is 14.5. The summed E-state index contributed by atoms with van der Waals surface area (Å²) in [6.07, 6.45) is 3.16. The van der Waals surface area contributed by atoms with Gasteiger partial charge in [-0.2, -0.15) is 0 Å². The van der Waals surface area contributed by atoms with Gasteiger partial charge in [-0.3, -0.25) is 9.78 Å². The molecule has 0 bridgehead atoms. The largest absolute Gasteiger partial charge is 0.496 e. The molecular formula is C19H24N4O2. The van der Waals surface area contributed by atoms with Crippen LogP contribution in [-0.2, 0) is 11.2 Å². The van der Waals surface area contributed by atoms with E-state index in [0.29, 0.717) is 6.42 Å². The SMILES string of the molecule is COc1ccccc1CC(C)NC(=O)C1CC(c2ccccn2)NN1. The van der Waals surface area contributed by atoms with E-state index in [-0.39, 0.29) is 24.0 Å². The Morgan fingerprint density at radius 1 is 1.28 bits per heavy atom. The number of para-hydroxylation sites is 1. The van der Waals surface area contributed by atoms with Gasteiger partial charge in [-0.05, 0) is 43.5 Å². The predicted octanol–water partition coefficient (Wildman–Crippen LogP) is 1.75. The number of carbonyl (C=O) groups excluding carboxylic acids is 1. The van der Waals surface area contributed by atoms with E-state index in [2.05, 4.69) is 21.2 Å². The van der Waals surface area contributed by atoms with Crippen molar-refractivity contribution in [3.8, 4) is 5.75 Å². The molecule has 0 saturated carbocycles. The summed E-state index contributed by atoms with van der Waals surface area (Å²) < 4.78 is 5.37. The molecule has 1 aromatic heterocycles. The van der Waals surface area contributed by atoms with E-state index in [0.717, 1.165) is 23.4 Å². The van der Waals surface area contributed by atoms with E-state index in [9.17, 15) is 4.79 Å².